The van der Waals surface area contributed by atoms with Gasteiger partial charge in [0, 0.05) is 7.05 Å². The van der Waals surface area contributed by atoms with E-state index in [1.54, 1.807) is 20.4 Å². The fourth-order valence-electron chi connectivity index (χ4n) is 2.42. The summed E-state index contributed by atoms with van der Waals surface area (Å²) in [5, 5.41) is 4.26. The van der Waals surface area contributed by atoms with Crippen molar-refractivity contribution in [3.8, 4) is 11.5 Å². The van der Waals surface area contributed by atoms with Gasteiger partial charge in [0.2, 0.25) is 5.95 Å². The Balaban J connectivity index is 1.83. The van der Waals surface area contributed by atoms with E-state index in [0.29, 0.717) is 17.4 Å². The molecular formula is C17H17BrN4O2. The molecule has 0 fully saturated rings. The largest absolute Gasteiger partial charge is 0.493 e. The maximum atomic E-state index is 5.33. The molecule has 0 aliphatic rings. The van der Waals surface area contributed by atoms with Gasteiger partial charge in [0.05, 0.1) is 35.9 Å². The zero-order valence-electron chi connectivity index (χ0n) is 13.6. The third-order valence-electron chi connectivity index (χ3n) is 3.62. The molecule has 3 rings (SSSR count). The fraction of sp³-hybridized carbons (Fsp3) is 0.176. The fourth-order valence-corrected chi connectivity index (χ4v) is 3.04. The maximum absolute atomic E-state index is 5.33. The van der Waals surface area contributed by atoms with Crippen molar-refractivity contribution in [1.29, 1.82) is 0 Å². The molecular weight excluding hydrogens is 372 g/mol. The van der Waals surface area contributed by atoms with Gasteiger partial charge in [0.1, 0.15) is 0 Å². The third-order valence-corrected chi connectivity index (χ3v) is 4.21. The highest BCUT2D eigenvalue weighted by molar-refractivity contribution is 9.10. The first-order chi connectivity index (χ1) is 11.6. The molecule has 2 aromatic carbocycles. The number of methoxy groups -OCH3 is 2. The lowest BCUT2D eigenvalue weighted by atomic mass is 10.2. The Morgan fingerprint density at radius 2 is 2.00 bits per heavy atom. The standard InChI is InChI=1S/C17H17BrN4O2/c1-22-14-7-5-4-6-13(14)20-17(22)21-19-10-11-8-12(18)16(24-3)15(9-11)23-2/h4-10H,1-3H3,(H,20,21)/b19-10-. The van der Waals surface area contributed by atoms with Crippen LogP contribution in [0.5, 0.6) is 11.5 Å². The Morgan fingerprint density at radius 1 is 1.21 bits per heavy atom. The van der Waals surface area contributed by atoms with Crippen LogP contribution in [-0.4, -0.2) is 30.0 Å². The minimum atomic E-state index is 0.635. The van der Waals surface area contributed by atoms with Crippen LogP contribution in [0.3, 0.4) is 0 Å². The van der Waals surface area contributed by atoms with Gasteiger partial charge in [0.25, 0.3) is 0 Å². The number of aryl methyl sites for hydroxylation is 1. The molecule has 124 valence electrons. The van der Waals surface area contributed by atoms with Gasteiger partial charge in [-0.15, -0.1) is 0 Å². The number of nitrogens with zero attached hydrogens (tertiary/aromatic N) is 3. The Hall–Kier alpha value is -2.54. The number of aromatic nitrogens is 2. The van der Waals surface area contributed by atoms with E-state index in [1.807, 2.05) is 48.0 Å². The van der Waals surface area contributed by atoms with Crippen molar-refractivity contribution < 1.29 is 9.47 Å². The highest BCUT2D eigenvalue weighted by atomic mass is 79.9. The lowest BCUT2D eigenvalue weighted by Crippen LogP contribution is -1.99. The van der Waals surface area contributed by atoms with E-state index < -0.39 is 0 Å². The number of ether oxygens (including phenoxy) is 2. The topological polar surface area (TPSA) is 60.7 Å². The first-order valence-electron chi connectivity index (χ1n) is 7.26. The van der Waals surface area contributed by atoms with Crippen LogP contribution in [0, 0.1) is 0 Å². The van der Waals surface area contributed by atoms with Gasteiger partial charge in [-0.25, -0.2) is 10.4 Å². The van der Waals surface area contributed by atoms with Crippen LogP contribution in [0.1, 0.15) is 5.56 Å². The number of fused-ring (bicyclic) bond motifs is 1. The molecule has 0 aliphatic heterocycles. The van der Waals surface area contributed by atoms with E-state index in [1.165, 1.54) is 0 Å². The van der Waals surface area contributed by atoms with Crippen LogP contribution in [-0.2, 0) is 7.05 Å². The van der Waals surface area contributed by atoms with Crippen LogP contribution >= 0.6 is 15.9 Å². The van der Waals surface area contributed by atoms with Gasteiger partial charge in [-0.05, 0) is 45.8 Å². The zero-order valence-corrected chi connectivity index (χ0v) is 15.2. The molecule has 1 N–H and O–H groups in total. The van der Waals surface area contributed by atoms with Crippen molar-refractivity contribution in [2.24, 2.45) is 12.1 Å². The highest BCUT2D eigenvalue weighted by Crippen LogP contribution is 2.35. The molecule has 24 heavy (non-hydrogen) atoms. The molecule has 0 aliphatic carbocycles. The van der Waals surface area contributed by atoms with Gasteiger partial charge in [-0.1, -0.05) is 12.1 Å². The second-order valence-corrected chi connectivity index (χ2v) is 5.95. The van der Waals surface area contributed by atoms with Crippen molar-refractivity contribution in [2.75, 3.05) is 19.6 Å². The molecule has 1 heterocycles. The number of hydrogen-bond acceptors (Lipinski definition) is 5. The van der Waals surface area contributed by atoms with Crippen LogP contribution in [0.4, 0.5) is 5.95 Å². The summed E-state index contributed by atoms with van der Waals surface area (Å²) in [6.07, 6.45) is 1.70. The summed E-state index contributed by atoms with van der Waals surface area (Å²) < 4.78 is 13.4. The summed E-state index contributed by atoms with van der Waals surface area (Å²) in [6.45, 7) is 0. The second-order valence-electron chi connectivity index (χ2n) is 5.09. The van der Waals surface area contributed by atoms with Crippen molar-refractivity contribution in [2.45, 2.75) is 0 Å². The van der Waals surface area contributed by atoms with E-state index in [2.05, 4.69) is 31.4 Å². The summed E-state index contributed by atoms with van der Waals surface area (Å²) in [4.78, 5) is 4.51. The van der Waals surface area contributed by atoms with E-state index in [4.69, 9.17) is 9.47 Å². The molecule has 0 spiro atoms. The quantitative estimate of drug-likeness (QED) is 0.533. The van der Waals surface area contributed by atoms with Crippen LogP contribution < -0.4 is 14.9 Å². The molecule has 3 aromatic rings. The third kappa shape index (κ3) is 3.07. The molecule has 0 bridgehead atoms. The molecule has 7 heteroatoms. The predicted molar refractivity (Wildman–Crippen MR) is 99.2 cm³/mol. The van der Waals surface area contributed by atoms with Crippen molar-refractivity contribution in [1.82, 2.24) is 9.55 Å². The van der Waals surface area contributed by atoms with E-state index in [-0.39, 0.29) is 0 Å². The first-order valence-corrected chi connectivity index (χ1v) is 8.05. The minimum Gasteiger partial charge on any atom is -0.493 e. The lowest BCUT2D eigenvalue weighted by molar-refractivity contribution is 0.353. The number of hydrogen-bond donors (Lipinski definition) is 1. The molecule has 0 amide bonds. The van der Waals surface area contributed by atoms with Gasteiger partial charge >= 0.3 is 0 Å². The van der Waals surface area contributed by atoms with Crippen LogP contribution in [0.15, 0.2) is 46.0 Å². The number of para-hydroxylation sites is 2. The minimum absolute atomic E-state index is 0.635. The zero-order chi connectivity index (χ0) is 17.1. The summed E-state index contributed by atoms with van der Waals surface area (Å²) >= 11 is 3.47. The molecule has 0 radical (unpaired) electrons. The average Bonchev–Trinajstić information content (AvgIpc) is 2.91. The Morgan fingerprint density at radius 3 is 2.71 bits per heavy atom. The SMILES string of the molecule is COc1cc(/C=N\Nc2nc3ccccc3n2C)cc(Br)c1OC. The van der Waals surface area contributed by atoms with Gasteiger partial charge in [0.15, 0.2) is 11.5 Å². The van der Waals surface area contributed by atoms with Crippen LogP contribution in [0.25, 0.3) is 11.0 Å². The number of hydrazone groups is 1. The monoisotopic (exact) mass is 388 g/mol. The summed E-state index contributed by atoms with van der Waals surface area (Å²) in [6, 6.07) is 11.7. The first kappa shape index (κ1) is 16.3. The average molecular weight is 389 g/mol. The second kappa shape index (κ2) is 6.92. The van der Waals surface area contributed by atoms with E-state index in [0.717, 1.165) is 21.1 Å². The van der Waals surface area contributed by atoms with Crippen LogP contribution in [0.2, 0.25) is 0 Å². The number of halogens is 1. The summed E-state index contributed by atoms with van der Waals surface area (Å²) in [5.74, 6) is 1.96. The predicted octanol–water partition coefficient (Wildman–Crippen LogP) is 3.80. The Labute approximate surface area is 148 Å². The normalized spacial score (nSPS) is 11.2. The number of nitrogens with one attached hydrogen (secondary N) is 1. The number of imidazole rings is 1. The molecule has 0 atom stereocenters. The Bertz CT molecular complexity index is 905. The number of anilines is 1. The lowest BCUT2D eigenvalue weighted by Gasteiger charge is -2.10. The smallest absolute Gasteiger partial charge is 0.224 e. The maximum Gasteiger partial charge on any atom is 0.224 e. The van der Waals surface area contributed by atoms with Gasteiger partial charge in [-0.2, -0.15) is 5.10 Å². The van der Waals surface area contributed by atoms with E-state index in [9.17, 15) is 0 Å². The summed E-state index contributed by atoms with van der Waals surface area (Å²) in [5.41, 5.74) is 5.80. The summed E-state index contributed by atoms with van der Waals surface area (Å²) in [7, 11) is 5.15. The number of benzene rings is 2. The van der Waals surface area contributed by atoms with Gasteiger partial charge in [-0.3, -0.25) is 0 Å². The van der Waals surface area contributed by atoms with E-state index >= 15 is 0 Å². The highest BCUT2D eigenvalue weighted by Gasteiger charge is 2.10. The molecule has 0 saturated heterocycles. The van der Waals surface area contributed by atoms with Gasteiger partial charge < -0.3 is 14.0 Å². The van der Waals surface area contributed by atoms with Crippen molar-refractivity contribution >= 4 is 39.1 Å². The van der Waals surface area contributed by atoms with Crippen molar-refractivity contribution in [3.05, 3.63) is 46.4 Å². The van der Waals surface area contributed by atoms with Crippen molar-refractivity contribution in [3.63, 3.8) is 0 Å². The molecule has 0 saturated carbocycles. The Kier molecular flexibility index (Phi) is 4.71. The molecule has 0 unspecified atom stereocenters. The molecule has 6 nitrogen and oxygen atoms in total. The molecule has 1 aromatic heterocycles. The number of rotatable bonds is 5.